The summed E-state index contributed by atoms with van der Waals surface area (Å²) in [6.07, 6.45) is 2.03. The number of methoxy groups -OCH3 is 1. The van der Waals surface area contributed by atoms with E-state index in [1.807, 2.05) is 36.5 Å². The minimum absolute atomic E-state index is 0.0788. The van der Waals surface area contributed by atoms with Gasteiger partial charge in [0, 0.05) is 36.7 Å². The van der Waals surface area contributed by atoms with Gasteiger partial charge in [-0.15, -0.1) is 0 Å². The van der Waals surface area contributed by atoms with Crippen LogP contribution < -0.4 is 5.32 Å². The topological polar surface area (TPSA) is 54.1 Å². The fraction of sp³-hybridized carbons (Fsp3) is 0.211. The van der Waals surface area contributed by atoms with Gasteiger partial charge in [0.05, 0.1) is 0 Å². The van der Waals surface area contributed by atoms with Crippen LogP contribution in [0.1, 0.15) is 17.0 Å². The summed E-state index contributed by atoms with van der Waals surface area (Å²) in [7, 11) is 1.52. The predicted molar refractivity (Wildman–Crippen MR) is 91.5 cm³/mol. The van der Waals surface area contributed by atoms with Crippen LogP contribution in [0.25, 0.3) is 10.9 Å². The molecule has 118 valence electrons. The maximum absolute atomic E-state index is 11.8. The number of carbonyl (C=O) groups excluding carboxylic acids is 1. The first-order valence-electron chi connectivity index (χ1n) is 7.66. The highest BCUT2D eigenvalue weighted by molar-refractivity contribution is 5.84. The van der Waals surface area contributed by atoms with Gasteiger partial charge in [0.25, 0.3) is 0 Å². The first-order valence-corrected chi connectivity index (χ1v) is 7.66. The average Bonchev–Trinajstić information content (AvgIpc) is 3.00. The Hall–Kier alpha value is -2.59. The number of aromatic amines is 1. The first-order chi connectivity index (χ1) is 11.3. The summed E-state index contributed by atoms with van der Waals surface area (Å²) >= 11 is 0. The third-order valence-corrected chi connectivity index (χ3v) is 3.98. The highest BCUT2D eigenvalue weighted by Gasteiger charge is 2.18. The van der Waals surface area contributed by atoms with Gasteiger partial charge in [-0.1, -0.05) is 48.5 Å². The number of rotatable bonds is 6. The van der Waals surface area contributed by atoms with Gasteiger partial charge in [0.1, 0.15) is 6.61 Å². The molecule has 3 rings (SSSR count). The van der Waals surface area contributed by atoms with Gasteiger partial charge in [-0.3, -0.25) is 4.79 Å². The Balaban J connectivity index is 1.93. The Morgan fingerprint density at radius 1 is 1.13 bits per heavy atom. The molecule has 4 nitrogen and oxygen atoms in total. The maximum atomic E-state index is 11.8. The molecule has 0 aliphatic rings. The molecule has 0 saturated carbocycles. The second kappa shape index (κ2) is 7.11. The molecule has 0 radical (unpaired) electrons. The van der Waals surface area contributed by atoms with Crippen molar-refractivity contribution in [3.63, 3.8) is 0 Å². The second-order valence-corrected chi connectivity index (χ2v) is 5.49. The van der Waals surface area contributed by atoms with Crippen LogP contribution >= 0.6 is 0 Å². The van der Waals surface area contributed by atoms with Crippen molar-refractivity contribution < 1.29 is 9.53 Å². The molecule has 2 aromatic carbocycles. The quantitative estimate of drug-likeness (QED) is 0.735. The van der Waals surface area contributed by atoms with Crippen molar-refractivity contribution in [2.75, 3.05) is 20.3 Å². The van der Waals surface area contributed by atoms with Crippen molar-refractivity contribution in [2.45, 2.75) is 5.92 Å². The lowest BCUT2D eigenvalue weighted by Gasteiger charge is -2.18. The van der Waals surface area contributed by atoms with Crippen molar-refractivity contribution in [3.8, 4) is 0 Å². The molecule has 1 aromatic heterocycles. The van der Waals surface area contributed by atoms with Crippen molar-refractivity contribution in [2.24, 2.45) is 0 Å². The largest absolute Gasteiger partial charge is 0.375 e. The average molecular weight is 308 g/mol. The first kappa shape index (κ1) is 15.3. The van der Waals surface area contributed by atoms with E-state index in [2.05, 4.69) is 34.6 Å². The van der Waals surface area contributed by atoms with E-state index in [1.54, 1.807) is 0 Å². The van der Waals surface area contributed by atoms with E-state index >= 15 is 0 Å². The lowest BCUT2D eigenvalue weighted by Crippen LogP contribution is -2.31. The number of nitrogens with one attached hydrogen (secondary N) is 2. The van der Waals surface area contributed by atoms with Crippen molar-refractivity contribution in [1.82, 2.24) is 10.3 Å². The third kappa shape index (κ3) is 3.43. The Morgan fingerprint density at radius 3 is 2.65 bits per heavy atom. The predicted octanol–water partition coefficient (Wildman–Crippen LogP) is 3.06. The number of H-pyrrole nitrogens is 1. The van der Waals surface area contributed by atoms with Gasteiger partial charge in [-0.05, 0) is 17.2 Å². The number of carbonyl (C=O) groups is 1. The molecule has 0 aliphatic carbocycles. The van der Waals surface area contributed by atoms with Crippen molar-refractivity contribution >= 4 is 16.8 Å². The molecule has 0 aliphatic heterocycles. The molecule has 3 aromatic rings. The van der Waals surface area contributed by atoms with E-state index in [-0.39, 0.29) is 18.4 Å². The minimum atomic E-state index is -0.103. The molecule has 1 heterocycles. The fourth-order valence-electron chi connectivity index (χ4n) is 2.87. The number of aromatic nitrogens is 1. The standard InChI is InChI=1S/C19H20N2O2/c1-23-13-19(22)21-11-16(14-7-3-2-4-8-14)17-12-20-18-10-6-5-9-15(17)18/h2-10,12,16,20H,11,13H2,1H3,(H,21,22). The molecular weight excluding hydrogens is 288 g/mol. The van der Waals surface area contributed by atoms with Crippen LogP contribution in [-0.4, -0.2) is 31.2 Å². The Labute approximate surface area is 135 Å². The zero-order valence-electron chi connectivity index (χ0n) is 13.1. The highest BCUT2D eigenvalue weighted by atomic mass is 16.5. The van der Waals surface area contributed by atoms with Crippen molar-refractivity contribution in [3.05, 3.63) is 71.9 Å². The number of benzene rings is 2. The Bertz CT molecular complexity index is 780. The molecule has 0 saturated heterocycles. The molecule has 0 bridgehead atoms. The summed E-state index contributed by atoms with van der Waals surface area (Å²) in [5, 5.41) is 4.14. The summed E-state index contributed by atoms with van der Waals surface area (Å²) in [6.45, 7) is 0.615. The summed E-state index contributed by atoms with van der Waals surface area (Å²) in [5.74, 6) is -0.0126. The molecule has 0 fully saturated rings. The normalized spacial score (nSPS) is 12.2. The van der Waals surface area contributed by atoms with Crippen LogP contribution in [0.5, 0.6) is 0 Å². The van der Waals surface area contributed by atoms with Crippen LogP contribution in [0.3, 0.4) is 0 Å². The Kier molecular flexibility index (Phi) is 4.74. The number of ether oxygens (including phenoxy) is 1. The molecule has 1 unspecified atom stereocenters. The number of amides is 1. The monoisotopic (exact) mass is 308 g/mol. The zero-order chi connectivity index (χ0) is 16.1. The zero-order valence-corrected chi connectivity index (χ0v) is 13.1. The minimum Gasteiger partial charge on any atom is -0.375 e. The van der Waals surface area contributed by atoms with Crippen LogP contribution in [0.2, 0.25) is 0 Å². The fourth-order valence-corrected chi connectivity index (χ4v) is 2.87. The molecule has 1 amide bonds. The summed E-state index contributed by atoms with van der Waals surface area (Å²) in [4.78, 5) is 15.1. The van der Waals surface area contributed by atoms with Gasteiger partial charge in [0.2, 0.25) is 5.91 Å². The number of para-hydroxylation sites is 1. The van der Waals surface area contributed by atoms with Gasteiger partial charge in [-0.2, -0.15) is 0 Å². The molecule has 23 heavy (non-hydrogen) atoms. The highest BCUT2D eigenvalue weighted by Crippen LogP contribution is 2.30. The van der Waals surface area contributed by atoms with Crippen LogP contribution in [0.4, 0.5) is 0 Å². The number of fused-ring (bicyclic) bond motifs is 1. The SMILES string of the molecule is COCC(=O)NCC(c1ccccc1)c1c[nH]c2ccccc12. The van der Waals surface area contributed by atoms with E-state index in [4.69, 9.17) is 4.74 Å². The summed E-state index contributed by atoms with van der Waals surface area (Å²) < 4.78 is 4.88. The molecule has 1 atom stereocenters. The summed E-state index contributed by atoms with van der Waals surface area (Å²) in [5.41, 5.74) is 3.46. The lowest BCUT2D eigenvalue weighted by molar-refractivity contribution is -0.124. The van der Waals surface area contributed by atoms with E-state index in [1.165, 1.54) is 23.6 Å². The van der Waals surface area contributed by atoms with E-state index < -0.39 is 0 Å². The van der Waals surface area contributed by atoms with E-state index in [0.717, 1.165) is 5.52 Å². The molecule has 0 spiro atoms. The van der Waals surface area contributed by atoms with E-state index in [0.29, 0.717) is 6.54 Å². The number of hydrogen-bond acceptors (Lipinski definition) is 2. The van der Waals surface area contributed by atoms with Gasteiger partial charge in [0.15, 0.2) is 0 Å². The van der Waals surface area contributed by atoms with Crippen LogP contribution in [-0.2, 0) is 9.53 Å². The molecular formula is C19H20N2O2. The summed E-state index contributed by atoms with van der Waals surface area (Å²) in [6, 6.07) is 18.4. The Morgan fingerprint density at radius 2 is 1.87 bits per heavy atom. The third-order valence-electron chi connectivity index (χ3n) is 3.98. The van der Waals surface area contributed by atoms with Gasteiger partial charge in [-0.25, -0.2) is 0 Å². The molecule has 4 heteroatoms. The van der Waals surface area contributed by atoms with E-state index in [9.17, 15) is 4.79 Å². The second-order valence-electron chi connectivity index (χ2n) is 5.49. The smallest absolute Gasteiger partial charge is 0.246 e. The molecule has 2 N–H and O–H groups in total. The van der Waals surface area contributed by atoms with Crippen molar-refractivity contribution in [1.29, 1.82) is 0 Å². The lowest BCUT2D eigenvalue weighted by atomic mass is 9.91. The maximum Gasteiger partial charge on any atom is 0.246 e. The van der Waals surface area contributed by atoms with Crippen LogP contribution in [0.15, 0.2) is 60.8 Å². The number of hydrogen-bond donors (Lipinski definition) is 2. The van der Waals surface area contributed by atoms with Gasteiger partial charge < -0.3 is 15.0 Å². The van der Waals surface area contributed by atoms with Crippen LogP contribution in [0, 0.1) is 0 Å². The van der Waals surface area contributed by atoms with Gasteiger partial charge >= 0.3 is 0 Å².